The highest BCUT2D eigenvalue weighted by atomic mass is 15.1. The number of aliphatic imine (C=N–C) groups is 2. The maximum Gasteiger partial charge on any atom is 0.115 e. The lowest BCUT2D eigenvalue weighted by Crippen LogP contribution is -2.10. The van der Waals surface area contributed by atoms with Crippen molar-refractivity contribution in [2.75, 3.05) is 0 Å². The van der Waals surface area contributed by atoms with E-state index < -0.39 is 0 Å². The zero-order chi connectivity index (χ0) is 23.6. The van der Waals surface area contributed by atoms with Crippen LogP contribution in [0.2, 0.25) is 0 Å². The second-order valence-electron chi connectivity index (χ2n) is 8.03. The van der Waals surface area contributed by atoms with Crippen LogP contribution >= 0.6 is 0 Å². The van der Waals surface area contributed by atoms with E-state index in [-0.39, 0.29) is 0 Å². The largest absolute Gasteiger partial charge is 0.321 e. The highest BCUT2D eigenvalue weighted by Gasteiger charge is 2.20. The summed E-state index contributed by atoms with van der Waals surface area (Å²) in [6.45, 7) is 16.7. The number of benzene rings is 1. The highest BCUT2D eigenvalue weighted by Crippen LogP contribution is 2.30. The van der Waals surface area contributed by atoms with Gasteiger partial charge in [-0.1, -0.05) is 75.6 Å². The predicted octanol–water partition coefficient (Wildman–Crippen LogP) is 7.40. The van der Waals surface area contributed by atoms with Gasteiger partial charge in [-0.05, 0) is 67.3 Å². The van der Waals surface area contributed by atoms with Crippen LogP contribution in [0.3, 0.4) is 0 Å². The zero-order valence-electron chi connectivity index (χ0n) is 20.1. The molecular weight excluding hydrogens is 402 g/mol. The highest BCUT2D eigenvalue weighted by molar-refractivity contribution is 6.09. The lowest BCUT2D eigenvalue weighted by atomic mass is 9.97. The molecule has 1 aliphatic rings. The van der Waals surface area contributed by atoms with Crippen molar-refractivity contribution in [2.24, 2.45) is 9.98 Å². The third kappa shape index (κ3) is 5.48. The Morgan fingerprint density at radius 1 is 1.15 bits per heavy atom. The second kappa shape index (κ2) is 12.0. The molecule has 3 heteroatoms. The van der Waals surface area contributed by atoms with E-state index in [0.717, 1.165) is 49.1 Å². The van der Waals surface area contributed by atoms with Crippen molar-refractivity contribution >= 4 is 24.6 Å². The molecule has 0 unspecified atom stereocenters. The van der Waals surface area contributed by atoms with Crippen LogP contribution in [0.5, 0.6) is 0 Å². The summed E-state index contributed by atoms with van der Waals surface area (Å²) in [6, 6.07) is 10.5. The standard InChI is InChI=1S/C30H35N3/c1-6-10-19-28(26(27(8-3)31-5)21-23-16-12-11-13-17-23)32-22-33-29(9-4)24(7-2)25-18-14-15-20-30(25)33/h6,9-13,15-17,19-20H,1,4-5,7-8,14,18,21-22H2,2-3H3/b19-10-,27-26-,32-28-. The van der Waals surface area contributed by atoms with Crippen molar-refractivity contribution in [3.63, 3.8) is 0 Å². The Kier molecular flexibility index (Phi) is 8.77. The second-order valence-corrected chi connectivity index (χ2v) is 8.03. The molecular formula is C30H35N3. The molecule has 0 N–H and O–H groups in total. The zero-order valence-corrected chi connectivity index (χ0v) is 20.1. The molecule has 1 aromatic carbocycles. The number of allylic oxidation sites excluding steroid dienone is 6. The average Bonchev–Trinajstić information content (AvgIpc) is 3.17. The number of fused-ring (bicyclic) bond motifs is 1. The number of hydrogen-bond acceptors (Lipinski definition) is 2. The minimum atomic E-state index is 0.525. The Balaban J connectivity index is 2.11. The van der Waals surface area contributed by atoms with E-state index in [1.807, 2.05) is 24.3 Å². The van der Waals surface area contributed by atoms with Crippen LogP contribution < -0.4 is 0 Å². The number of rotatable bonds is 11. The molecule has 0 radical (unpaired) electrons. The van der Waals surface area contributed by atoms with Gasteiger partial charge < -0.3 is 4.57 Å². The first-order valence-corrected chi connectivity index (χ1v) is 11.8. The maximum atomic E-state index is 5.13. The SMILES string of the molecule is C=C\C=C/C(=N/Cn1c(C=C)c(CC)c2c1C=CCC2)C(/Cc1ccccc1)=C(/CC)N=C. The topological polar surface area (TPSA) is 29.6 Å². The molecule has 0 atom stereocenters. The van der Waals surface area contributed by atoms with Gasteiger partial charge >= 0.3 is 0 Å². The van der Waals surface area contributed by atoms with Crippen molar-refractivity contribution in [2.45, 2.75) is 52.6 Å². The van der Waals surface area contributed by atoms with Gasteiger partial charge in [-0.2, -0.15) is 0 Å². The van der Waals surface area contributed by atoms with Crippen LogP contribution in [0.4, 0.5) is 0 Å². The van der Waals surface area contributed by atoms with Gasteiger partial charge in [0.05, 0.1) is 5.71 Å². The van der Waals surface area contributed by atoms with Gasteiger partial charge in [0.1, 0.15) is 6.67 Å². The molecule has 0 saturated carbocycles. The molecule has 2 aromatic rings. The van der Waals surface area contributed by atoms with Crippen molar-refractivity contribution in [3.8, 4) is 0 Å². The summed E-state index contributed by atoms with van der Waals surface area (Å²) in [6.07, 6.45) is 16.9. The molecule has 0 bridgehead atoms. The quantitative estimate of drug-likeness (QED) is 0.259. The lowest BCUT2D eigenvalue weighted by Gasteiger charge is -2.15. The first-order valence-electron chi connectivity index (χ1n) is 11.8. The molecule has 1 aliphatic carbocycles. The van der Waals surface area contributed by atoms with Gasteiger partial charge in [0.15, 0.2) is 0 Å². The Morgan fingerprint density at radius 2 is 1.94 bits per heavy atom. The molecule has 0 saturated heterocycles. The average molecular weight is 438 g/mol. The molecule has 0 fully saturated rings. The Morgan fingerprint density at radius 3 is 2.58 bits per heavy atom. The molecule has 170 valence electrons. The van der Waals surface area contributed by atoms with Gasteiger partial charge in [-0.3, -0.25) is 9.98 Å². The Bertz CT molecular complexity index is 1120. The fraction of sp³-hybridized carbons (Fsp3) is 0.267. The van der Waals surface area contributed by atoms with Crippen LogP contribution in [0, 0.1) is 0 Å². The first-order chi connectivity index (χ1) is 16.2. The van der Waals surface area contributed by atoms with Crippen molar-refractivity contribution < 1.29 is 0 Å². The van der Waals surface area contributed by atoms with Crippen LogP contribution in [0.15, 0.2) is 89.0 Å². The monoisotopic (exact) mass is 437 g/mol. The number of hydrogen-bond donors (Lipinski definition) is 0. The van der Waals surface area contributed by atoms with Crippen LogP contribution in [-0.4, -0.2) is 17.0 Å². The molecule has 3 rings (SSSR count). The summed E-state index contributed by atoms with van der Waals surface area (Å²) in [7, 11) is 0. The van der Waals surface area contributed by atoms with E-state index in [9.17, 15) is 0 Å². The third-order valence-electron chi connectivity index (χ3n) is 6.13. The van der Waals surface area contributed by atoms with Crippen molar-refractivity contribution in [1.29, 1.82) is 0 Å². The smallest absolute Gasteiger partial charge is 0.115 e. The van der Waals surface area contributed by atoms with E-state index >= 15 is 0 Å². The fourth-order valence-corrected chi connectivity index (χ4v) is 4.55. The lowest BCUT2D eigenvalue weighted by molar-refractivity contribution is 0.719. The predicted molar refractivity (Wildman–Crippen MR) is 145 cm³/mol. The van der Waals surface area contributed by atoms with Gasteiger partial charge in [0.25, 0.3) is 0 Å². The summed E-state index contributed by atoms with van der Waals surface area (Å²) < 4.78 is 2.30. The molecule has 0 amide bonds. The van der Waals surface area contributed by atoms with Crippen LogP contribution in [0.25, 0.3) is 12.2 Å². The molecule has 33 heavy (non-hydrogen) atoms. The van der Waals surface area contributed by atoms with E-state index in [0.29, 0.717) is 6.67 Å². The van der Waals surface area contributed by atoms with Crippen molar-refractivity contribution in [1.82, 2.24) is 4.57 Å². The van der Waals surface area contributed by atoms with E-state index in [2.05, 4.69) is 79.7 Å². The molecule has 0 aliphatic heterocycles. The maximum absolute atomic E-state index is 5.13. The summed E-state index contributed by atoms with van der Waals surface area (Å²) in [5, 5.41) is 0. The number of nitrogens with zero attached hydrogens (tertiary/aromatic N) is 3. The summed E-state index contributed by atoms with van der Waals surface area (Å²) in [5.41, 5.74) is 9.48. The van der Waals surface area contributed by atoms with Gasteiger partial charge in [0, 0.05) is 29.1 Å². The first kappa shape index (κ1) is 24.2. The molecule has 3 nitrogen and oxygen atoms in total. The van der Waals surface area contributed by atoms with E-state index in [1.54, 1.807) is 6.08 Å². The van der Waals surface area contributed by atoms with Crippen LogP contribution in [-0.2, 0) is 25.9 Å². The minimum absolute atomic E-state index is 0.525. The van der Waals surface area contributed by atoms with Gasteiger partial charge in [-0.25, -0.2) is 0 Å². The van der Waals surface area contributed by atoms with E-state index in [1.165, 1.54) is 28.1 Å². The minimum Gasteiger partial charge on any atom is -0.321 e. The van der Waals surface area contributed by atoms with E-state index in [4.69, 9.17) is 4.99 Å². The Labute approximate surface area is 199 Å². The Hall–Kier alpha value is -3.46. The summed E-state index contributed by atoms with van der Waals surface area (Å²) in [4.78, 5) is 9.49. The fourth-order valence-electron chi connectivity index (χ4n) is 4.55. The molecule has 1 aromatic heterocycles. The van der Waals surface area contributed by atoms with Gasteiger partial charge in [0.2, 0.25) is 0 Å². The third-order valence-corrected chi connectivity index (χ3v) is 6.13. The van der Waals surface area contributed by atoms with Crippen molar-refractivity contribution in [3.05, 3.63) is 107 Å². The summed E-state index contributed by atoms with van der Waals surface area (Å²) in [5.74, 6) is 0. The molecule has 0 spiro atoms. The van der Waals surface area contributed by atoms with Gasteiger partial charge in [-0.15, -0.1) is 0 Å². The molecule has 1 heterocycles. The summed E-state index contributed by atoms with van der Waals surface area (Å²) >= 11 is 0. The van der Waals surface area contributed by atoms with Crippen LogP contribution in [0.1, 0.15) is 54.8 Å². The normalized spacial score (nSPS) is 14.2. The number of aromatic nitrogens is 1.